The SMILES string of the molecule is C=CCC(=O)Nc1cc(F)ccc1C(=O)O. The quantitative estimate of drug-likeness (QED) is 0.767. The minimum absolute atomic E-state index is 0.0373. The fraction of sp³-hybridized carbons (Fsp3) is 0.0909. The molecule has 4 nitrogen and oxygen atoms in total. The number of carbonyl (C=O) groups is 2. The van der Waals surface area contributed by atoms with Crippen LogP contribution in [0.5, 0.6) is 0 Å². The van der Waals surface area contributed by atoms with E-state index in [1.807, 2.05) is 0 Å². The van der Waals surface area contributed by atoms with Crippen molar-refractivity contribution < 1.29 is 19.1 Å². The molecule has 1 aromatic rings. The van der Waals surface area contributed by atoms with Gasteiger partial charge in [-0.25, -0.2) is 9.18 Å². The monoisotopic (exact) mass is 223 g/mol. The summed E-state index contributed by atoms with van der Waals surface area (Å²) in [7, 11) is 0. The Labute approximate surface area is 91.4 Å². The number of hydrogen-bond acceptors (Lipinski definition) is 2. The Balaban J connectivity index is 3.00. The second-order valence-electron chi connectivity index (χ2n) is 3.04. The summed E-state index contributed by atoms with van der Waals surface area (Å²) < 4.78 is 12.9. The lowest BCUT2D eigenvalue weighted by molar-refractivity contribution is -0.115. The van der Waals surface area contributed by atoms with Crippen LogP contribution in [0.4, 0.5) is 10.1 Å². The predicted molar refractivity (Wildman–Crippen MR) is 56.8 cm³/mol. The van der Waals surface area contributed by atoms with Crippen LogP contribution >= 0.6 is 0 Å². The largest absolute Gasteiger partial charge is 0.478 e. The second kappa shape index (κ2) is 5.06. The topological polar surface area (TPSA) is 66.4 Å². The van der Waals surface area contributed by atoms with Crippen molar-refractivity contribution in [3.05, 3.63) is 42.2 Å². The Kier molecular flexibility index (Phi) is 3.77. The molecule has 0 aromatic heterocycles. The molecular weight excluding hydrogens is 213 g/mol. The summed E-state index contributed by atoms with van der Waals surface area (Å²) in [6, 6.07) is 3.08. The highest BCUT2D eigenvalue weighted by atomic mass is 19.1. The number of rotatable bonds is 4. The molecule has 1 amide bonds. The van der Waals surface area contributed by atoms with Crippen molar-refractivity contribution >= 4 is 17.6 Å². The summed E-state index contributed by atoms with van der Waals surface area (Å²) in [4.78, 5) is 22.0. The van der Waals surface area contributed by atoms with Crippen molar-refractivity contribution in [2.75, 3.05) is 5.32 Å². The van der Waals surface area contributed by atoms with Gasteiger partial charge >= 0.3 is 5.97 Å². The van der Waals surface area contributed by atoms with Crippen LogP contribution in [0.25, 0.3) is 0 Å². The summed E-state index contributed by atoms with van der Waals surface area (Å²) >= 11 is 0. The van der Waals surface area contributed by atoms with Crippen LogP contribution in [0, 0.1) is 5.82 Å². The number of aromatic carboxylic acids is 1. The maximum Gasteiger partial charge on any atom is 0.337 e. The lowest BCUT2D eigenvalue weighted by atomic mass is 10.1. The molecule has 84 valence electrons. The first-order valence-corrected chi connectivity index (χ1v) is 4.48. The van der Waals surface area contributed by atoms with Crippen molar-refractivity contribution in [1.29, 1.82) is 0 Å². The average Bonchev–Trinajstić information content (AvgIpc) is 2.17. The fourth-order valence-corrected chi connectivity index (χ4v) is 1.14. The number of benzene rings is 1. The first-order valence-electron chi connectivity index (χ1n) is 4.48. The maximum atomic E-state index is 12.9. The third-order valence-corrected chi connectivity index (χ3v) is 1.82. The normalized spacial score (nSPS) is 9.56. The molecule has 1 rings (SSSR count). The van der Waals surface area contributed by atoms with Crippen LogP contribution < -0.4 is 5.32 Å². The Morgan fingerprint density at radius 1 is 1.50 bits per heavy atom. The maximum absolute atomic E-state index is 12.9. The molecule has 5 heteroatoms. The number of anilines is 1. The van der Waals surface area contributed by atoms with E-state index in [0.717, 1.165) is 18.2 Å². The van der Waals surface area contributed by atoms with Gasteiger partial charge in [-0.2, -0.15) is 0 Å². The second-order valence-corrected chi connectivity index (χ2v) is 3.04. The summed E-state index contributed by atoms with van der Waals surface area (Å²) in [5.41, 5.74) is -0.210. The lowest BCUT2D eigenvalue weighted by Gasteiger charge is -2.07. The zero-order valence-corrected chi connectivity index (χ0v) is 8.37. The van der Waals surface area contributed by atoms with Gasteiger partial charge in [-0.1, -0.05) is 6.08 Å². The molecule has 0 atom stereocenters. The highest BCUT2D eigenvalue weighted by molar-refractivity contribution is 6.00. The van der Waals surface area contributed by atoms with E-state index in [0.29, 0.717) is 0 Å². The van der Waals surface area contributed by atoms with Crippen LogP contribution in [0.1, 0.15) is 16.8 Å². The fourth-order valence-electron chi connectivity index (χ4n) is 1.14. The Hall–Kier alpha value is -2.17. The number of amides is 1. The van der Waals surface area contributed by atoms with Gasteiger partial charge in [0.1, 0.15) is 5.82 Å². The van der Waals surface area contributed by atoms with E-state index in [2.05, 4.69) is 11.9 Å². The first kappa shape index (κ1) is 11.9. The van der Waals surface area contributed by atoms with E-state index in [1.165, 1.54) is 6.08 Å². The molecule has 0 spiro atoms. The smallest absolute Gasteiger partial charge is 0.337 e. The third kappa shape index (κ3) is 2.91. The number of carboxylic acid groups (broad SMARTS) is 1. The van der Waals surface area contributed by atoms with Crippen LogP contribution in [-0.2, 0) is 4.79 Å². The minimum atomic E-state index is -1.23. The number of carboxylic acids is 1. The van der Waals surface area contributed by atoms with Gasteiger partial charge in [0.15, 0.2) is 0 Å². The molecule has 0 saturated carbocycles. The molecule has 16 heavy (non-hydrogen) atoms. The summed E-state index contributed by atoms with van der Waals surface area (Å²) in [6.07, 6.45) is 1.41. The van der Waals surface area contributed by atoms with Crippen molar-refractivity contribution in [2.24, 2.45) is 0 Å². The number of hydrogen-bond donors (Lipinski definition) is 2. The molecule has 0 fully saturated rings. The van der Waals surface area contributed by atoms with E-state index < -0.39 is 17.7 Å². The molecule has 0 radical (unpaired) electrons. The minimum Gasteiger partial charge on any atom is -0.478 e. The number of halogens is 1. The average molecular weight is 223 g/mol. The third-order valence-electron chi connectivity index (χ3n) is 1.82. The van der Waals surface area contributed by atoms with Gasteiger partial charge in [0, 0.05) is 6.42 Å². The Morgan fingerprint density at radius 3 is 2.75 bits per heavy atom. The summed E-state index contributed by atoms with van der Waals surface area (Å²) in [6.45, 7) is 3.37. The molecule has 1 aromatic carbocycles. The molecule has 0 unspecified atom stereocenters. The lowest BCUT2D eigenvalue weighted by Crippen LogP contribution is -2.13. The molecule has 0 bridgehead atoms. The predicted octanol–water partition coefficient (Wildman–Crippen LogP) is 2.04. The van der Waals surface area contributed by atoms with Gasteiger partial charge in [-0.05, 0) is 18.2 Å². The van der Waals surface area contributed by atoms with E-state index in [4.69, 9.17) is 5.11 Å². The van der Waals surface area contributed by atoms with Crippen molar-refractivity contribution in [2.45, 2.75) is 6.42 Å². The molecule has 0 aliphatic heterocycles. The van der Waals surface area contributed by atoms with Gasteiger partial charge in [0.05, 0.1) is 11.3 Å². The van der Waals surface area contributed by atoms with Crippen LogP contribution in [0.15, 0.2) is 30.9 Å². The number of carbonyl (C=O) groups excluding carboxylic acids is 1. The zero-order valence-electron chi connectivity index (χ0n) is 8.37. The molecule has 0 aliphatic carbocycles. The zero-order chi connectivity index (χ0) is 12.1. The highest BCUT2D eigenvalue weighted by Crippen LogP contribution is 2.17. The van der Waals surface area contributed by atoms with Crippen molar-refractivity contribution in [3.8, 4) is 0 Å². The standard InChI is InChI=1S/C11H10FNO3/c1-2-3-10(14)13-9-6-7(12)4-5-8(9)11(15)16/h2,4-6H,1,3H2,(H,13,14)(H,15,16). The Morgan fingerprint density at radius 2 is 2.19 bits per heavy atom. The molecule has 0 saturated heterocycles. The molecule has 0 heterocycles. The van der Waals surface area contributed by atoms with Gasteiger partial charge in [-0.15, -0.1) is 6.58 Å². The molecule has 0 aliphatic rings. The summed E-state index contributed by atoms with van der Waals surface area (Å²) in [5.74, 6) is -2.28. The van der Waals surface area contributed by atoms with E-state index >= 15 is 0 Å². The van der Waals surface area contributed by atoms with Gasteiger partial charge in [0.25, 0.3) is 0 Å². The molecule has 2 N–H and O–H groups in total. The van der Waals surface area contributed by atoms with Crippen LogP contribution in [0.3, 0.4) is 0 Å². The van der Waals surface area contributed by atoms with Gasteiger partial charge in [-0.3, -0.25) is 4.79 Å². The van der Waals surface area contributed by atoms with E-state index in [1.54, 1.807) is 0 Å². The number of nitrogens with one attached hydrogen (secondary N) is 1. The highest BCUT2D eigenvalue weighted by Gasteiger charge is 2.12. The molecular formula is C11H10FNO3. The van der Waals surface area contributed by atoms with Gasteiger partial charge in [0.2, 0.25) is 5.91 Å². The van der Waals surface area contributed by atoms with E-state index in [-0.39, 0.29) is 17.7 Å². The van der Waals surface area contributed by atoms with Crippen LogP contribution in [-0.4, -0.2) is 17.0 Å². The van der Waals surface area contributed by atoms with Crippen molar-refractivity contribution in [1.82, 2.24) is 0 Å². The van der Waals surface area contributed by atoms with Crippen molar-refractivity contribution in [3.63, 3.8) is 0 Å². The van der Waals surface area contributed by atoms with Crippen LogP contribution in [0.2, 0.25) is 0 Å². The first-order chi connectivity index (χ1) is 7.54. The Bertz CT molecular complexity index is 443. The summed E-state index contributed by atoms with van der Waals surface area (Å²) in [5, 5.41) is 11.1. The van der Waals surface area contributed by atoms with Gasteiger partial charge < -0.3 is 10.4 Å². The van der Waals surface area contributed by atoms with E-state index in [9.17, 15) is 14.0 Å².